The molecule has 0 saturated heterocycles. The van der Waals surface area contributed by atoms with Gasteiger partial charge in [0.05, 0.1) is 0 Å². The number of hydrogen-bond acceptors (Lipinski definition) is 3. The van der Waals surface area contributed by atoms with Gasteiger partial charge in [0, 0.05) is 18.7 Å². The molecular weight excluding hydrogens is 236 g/mol. The van der Waals surface area contributed by atoms with Gasteiger partial charge in [-0.1, -0.05) is 0 Å². The highest BCUT2D eigenvalue weighted by Crippen LogP contribution is 2.21. The molecule has 0 spiro atoms. The van der Waals surface area contributed by atoms with Crippen molar-refractivity contribution in [1.29, 1.82) is 0 Å². The van der Waals surface area contributed by atoms with Crippen molar-refractivity contribution < 1.29 is 19.8 Å². The van der Waals surface area contributed by atoms with E-state index < -0.39 is 12.0 Å². The number of urea groups is 1. The lowest BCUT2D eigenvalue weighted by Gasteiger charge is -2.07. The van der Waals surface area contributed by atoms with Crippen LogP contribution in [0.1, 0.15) is 16.8 Å². The van der Waals surface area contributed by atoms with E-state index in [4.69, 9.17) is 11.5 Å². The Kier molecular flexibility index (Phi) is 4.58. The van der Waals surface area contributed by atoms with Crippen LogP contribution >= 0.6 is 0 Å². The largest absolute Gasteiger partial charge is 0.507 e. The van der Waals surface area contributed by atoms with E-state index >= 15 is 0 Å². The Morgan fingerprint density at radius 2 is 2.11 bits per heavy atom. The molecule has 0 aromatic heterocycles. The maximum absolute atomic E-state index is 11.4. The number of amides is 2. The Hall–Kier alpha value is -2.68. The minimum absolute atomic E-state index is 0.267. The smallest absolute Gasteiger partial charge is 0.339 e. The molecule has 94 valence electrons. The van der Waals surface area contributed by atoms with Gasteiger partial charge in [-0.25, -0.2) is 9.59 Å². The van der Waals surface area contributed by atoms with E-state index in [0.29, 0.717) is 13.0 Å². The van der Waals surface area contributed by atoms with Crippen molar-refractivity contribution in [2.24, 2.45) is 0 Å². The van der Waals surface area contributed by atoms with E-state index in [-0.39, 0.29) is 17.0 Å². The van der Waals surface area contributed by atoms with Crippen LogP contribution in [0.2, 0.25) is 0 Å². The number of carboxylic acids is 1. The molecule has 4 N–H and O–H groups in total. The van der Waals surface area contributed by atoms with Gasteiger partial charge in [0.25, 0.3) is 0 Å². The van der Waals surface area contributed by atoms with Gasteiger partial charge in [-0.05, 0) is 18.2 Å². The van der Waals surface area contributed by atoms with Gasteiger partial charge >= 0.3 is 12.0 Å². The van der Waals surface area contributed by atoms with Crippen molar-refractivity contribution >= 4 is 17.7 Å². The molecule has 0 fully saturated rings. The van der Waals surface area contributed by atoms with Gasteiger partial charge in [0.2, 0.25) is 0 Å². The lowest BCUT2D eigenvalue weighted by Crippen LogP contribution is -2.29. The van der Waals surface area contributed by atoms with E-state index in [2.05, 4.69) is 16.6 Å². The topological polar surface area (TPSA) is 98.7 Å². The molecule has 1 aromatic carbocycles. The zero-order valence-electron chi connectivity index (χ0n) is 9.43. The summed E-state index contributed by atoms with van der Waals surface area (Å²) < 4.78 is 0. The highest BCUT2D eigenvalue weighted by molar-refractivity contribution is 5.95. The van der Waals surface area contributed by atoms with Crippen molar-refractivity contribution in [3.8, 4) is 18.1 Å². The normalized spacial score (nSPS) is 9.28. The maximum Gasteiger partial charge on any atom is 0.339 e. The van der Waals surface area contributed by atoms with Crippen LogP contribution in [0.25, 0.3) is 0 Å². The van der Waals surface area contributed by atoms with E-state index in [9.17, 15) is 14.7 Å². The quantitative estimate of drug-likeness (QED) is 0.366. The summed E-state index contributed by atoms with van der Waals surface area (Å²) in [4.78, 5) is 22.1. The zero-order valence-corrected chi connectivity index (χ0v) is 9.43. The number of phenols is 1. The summed E-state index contributed by atoms with van der Waals surface area (Å²) in [6.45, 7) is 0.326. The Bertz CT molecular complexity index is 505. The minimum Gasteiger partial charge on any atom is -0.507 e. The summed E-state index contributed by atoms with van der Waals surface area (Å²) in [5, 5.41) is 23.0. The number of carbonyl (C=O) groups excluding carboxylic acids is 1. The van der Waals surface area contributed by atoms with Crippen LogP contribution in [0.3, 0.4) is 0 Å². The molecule has 1 rings (SSSR count). The average Bonchev–Trinajstić information content (AvgIpc) is 2.31. The number of terminal acetylenes is 1. The average molecular weight is 248 g/mol. The summed E-state index contributed by atoms with van der Waals surface area (Å²) >= 11 is 0. The van der Waals surface area contributed by atoms with Crippen molar-refractivity contribution in [3.05, 3.63) is 23.8 Å². The molecule has 0 heterocycles. The summed E-state index contributed by atoms with van der Waals surface area (Å²) in [6, 6.07) is 3.26. The molecule has 0 aliphatic heterocycles. The number of aromatic hydroxyl groups is 1. The monoisotopic (exact) mass is 248 g/mol. The molecule has 6 heteroatoms. The van der Waals surface area contributed by atoms with Crippen LogP contribution < -0.4 is 10.6 Å². The van der Waals surface area contributed by atoms with Gasteiger partial charge in [-0.3, -0.25) is 0 Å². The fourth-order valence-electron chi connectivity index (χ4n) is 1.21. The number of nitrogens with one attached hydrogen (secondary N) is 2. The Balaban J connectivity index is 2.68. The van der Waals surface area contributed by atoms with Gasteiger partial charge in [-0.2, -0.15) is 0 Å². The Morgan fingerprint density at radius 3 is 2.72 bits per heavy atom. The lowest BCUT2D eigenvalue weighted by atomic mass is 10.2. The first kappa shape index (κ1) is 13.4. The Morgan fingerprint density at radius 1 is 1.39 bits per heavy atom. The summed E-state index contributed by atoms with van der Waals surface area (Å²) in [7, 11) is 0. The molecule has 2 amide bonds. The highest BCUT2D eigenvalue weighted by Gasteiger charge is 2.11. The van der Waals surface area contributed by atoms with Crippen molar-refractivity contribution in [2.45, 2.75) is 6.42 Å². The van der Waals surface area contributed by atoms with Crippen molar-refractivity contribution in [3.63, 3.8) is 0 Å². The molecule has 18 heavy (non-hydrogen) atoms. The molecule has 0 unspecified atom stereocenters. The molecule has 0 aliphatic rings. The third-order valence-electron chi connectivity index (χ3n) is 2.04. The predicted octanol–water partition coefficient (Wildman–Crippen LogP) is 1.24. The van der Waals surface area contributed by atoms with E-state index in [1.807, 2.05) is 0 Å². The first-order valence-electron chi connectivity index (χ1n) is 5.09. The zero-order chi connectivity index (χ0) is 13.5. The van der Waals surface area contributed by atoms with Crippen LogP contribution in [0.15, 0.2) is 18.2 Å². The minimum atomic E-state index is -1.27. The number of rotatable bonds is 4. The van der Waals surface area contributed by atoms with E-state index in [1.54, 1.807) is 0 Å². The fourth-order valence-corrected chi connectivity index (χ4v) is 1.21. The molecule has 0 bridgehead atoms. The maximum atomic E-state index is 11.4. The molecule has 6 nitrogen and oxygen atoms in total. The SMILES string of the molecule is C#CCCNC(=O)Nc1ccc(O)c(C(=O)O)c1. The van der Waals surface area contributed by atoms with Crippen LogP contribution in [0.5, 0.6) is 5.75 Å². The second-order valence-corrected chi connectivity index (χ2v) is 3.37. The molecule has 0 radical (unpaired) electrons. The van der Waals surface area contributed by atoms with Crippen molar-refractivity contribution in [1.82, 2.24) is 5.32 Å². The number of hydrogen-bond donors (Lipinski definition) is 4. The second-order valence-electron chi connectivity index (χ2n) is 3.37. The summed E-state index contributed by atoms with van der Waals surface area (Å²) in [5.41, 5.74) is -0.0140. The van der Waals surface area contributed by atoms with E-state index in [1.165, 1.54) is 18.2 Å². The molecular formula is C12H12N2O4. The standard InChI is InChI=1S/C12H12N2O4/c1-2-3-6-13-12(18)14-8-4-5-10(15)9(7-8)11(16)17/h1,4-5,7,15H,3,6H2,(H,16,17)(H2,13,14,18). The predicted molar refractivity (Wildman–Crippen MR) is 65.5 cm³/mol. The number of carbonyl (C=O) groups is 2. The molecule has 0 aliphatic carbocycles. The lowest BCUT2D eigenvalue weighted by molar-refractivity contribution is 0.0693. The molecule has 1 aromatic rings. The third-order valence-corrected chi connectivity index (χ3v) is 2.04. The van der Waals surface area contributed by atoms with E-state index in [0.717, 1.165) is 0 Å². The second kappa shape index (κ2) is 6.15. The van der Waals surface area contributed by atoms with Crippen LogP contribution in [-0.4, -0.2) is 28.8 Å². The molecule has 0 atom stereocenters. The van der Waals surface area contributed by atoms with Gasteiger partial charge in [0.15, 0.2) is 0 Å². The number of anilines is 1. The highest BCUT2D eigenvalue weighted by atomic mass is 16.4. The number of aromatic carboxylic acids is 1. The van der Waals surface area contributed by atoms with Crippen LogP contribution in [0, 0.1) is 12.3 Å². The Labute approximate surface area is 104 Å². The van der Waals surface area contributed by atoms with Crippen LogP contribution in [0.4, 0.5) is 10.5 Å². The summed E-state index contributed by atoms with van der Waals surface area (Å²) in [5.74, 6) is 0.731. The van der Waals surface area contributed by atoms with Crippen LogP contribution in [-0.2, 0) is 0 Å². The van der Waals surface area contributed by atoms with Crippen molar-refractivity contribution in [2.75, 3.05) is 11.9 Å². The number of benzene rings is 1. The number of carboxylic acid groups (broad SMARTS) is 1. The van der Waals surface area contributed by atoms with Gasteiger partial charge in [0.1, 0.15) is 11.3 Å². The first-order valence-corrected chi connectivity index (χ1v) is 5.09. The van der Waals surface area contributed by atoms with Gasteiger partial charge < -0.3 is 20.8 Å². The first-order chi connectivity index (χ1) is 8.54. The van der Waals surface area contributed by atoms with Gasteiger partial charge in [-0.15, -0.1) is 12.3 Å². The third kappa shape index (κ3) is 3.72. The summed E-state index contributed by atoms with van der Waals surface area (Å²) in [6.07, 6.45) is 5.43. The fraction of sp³-hybridized carbons (Fsp3) is 0.167. The molecule has 0 saturated carbocycles.